The Kier molecular flexibility index (Phi) is 7.03. The van der Waals surface area contributed by atoms with Crippen molar-refractivity contribution < 1.29 is 21.6 Å². The number of alkyl halides is 3. The van der Waals surface area contributed by atoms with Gasteiger partial charge in [-0.25, -0.2) is 12.7 Å². The van der Waals surface area contributed by atoms with Gasteiger partial charge >= 0.3 is 6.18 Å². The highest BCUT2D eigenvalue weighted by molar-refractivity contribution is 7.89. The topological polar surface area (TPSA) is 49.4 Å². The molecule has 0 aliphatic rings. The van der Waals surface area contributed by atoms with E-state index in [-0.39, 0.29) is 12.3 Å². The van der Waals surface area contributed by atoms with E-state index < -0.39 is 29.2 Å². The molecule has 0 rings (SSSR count). The highest BCUT2D eigenvalue weighted by atomic mass is 32.2. The maximum atomic E-state index is 11.9. The monoisotopic (exact) mass is 276 g/mol. The molecular formula is C9H19F3N2O2S. The molecule has 0 bridgehead atoms. The minimum absolute atomic E-state index is 0.179. The third-order valence-corrected chi connectivity index (χ3v) is 4.00. The maximum absolute atomic E-state index is 11.9. The lowest BCUT2D eigenvalue weighted by Crippen LogP contribution is -2.35. The average Bonchev–Trinajstić information content (AvgIpc) is 2.20. The van der Waals surface area contributed by atoms with Gasteiger partial charge in [-0.2, -0.15) is 13.2 Å². The second-order valence-electron chi connectivity index (χ2n) is 3.75. The smallest absolute Gasteiger partial charge is 0.316 e. The summed E-state index contributed by atoms with van der Waals surface area (Å²) in [4.78, 5) is 0. The van der Waals surface area contributed by atoms with Gasteiger partial charge in [0, 0.05) is 20.1 Å². The van der Waals surface area contributed by atoms with Crippen molar-refractivity contribution in [1.82, 2.24) is 9.62 Å². The Morgan fingerprint density at radius 2 is 1.82 bits per heavy atom. The molecule has 0 atom stereocenters. The van der Waals surface area contributed by atoms with Crippen molar-refractivity contribution >= 4 is 10.0 Å². The minimum atomic E-state index is -4.33. The van der Waals surface area contributed by atoms with E-state index in [9.17, 15) is 21.6 Å². The third-order valence-electron chi connectivity index (χ3n) is 2.15. The van der Waals surface area contributed by atoms with Crippen LogP contribution in [0.25, 0.3) is 0 Å². The van der Waals surface area contributed by atoms with Gasteiger partial charge in [0.1, 0.15) is 0 Å². The number of hydrogen-bond acceptors (Lipinski definition) is 3. The third kappa shape index (κ3) is 8.39. The molecule has 0 saturated heterocycles. The van der Waals surface area contributed by atoms with Crippen LogP contribution >= 0.6 is 0 Å². The van der Waals surface area contributed by atoms with E-state index in [4.69, 9.17) is 0 Å². The first-order valence-corrected chi connectivity index (χ1v) is 7.01. The Labute approximate surface area is 100 Å². The van der Waals surface area contributed by atoms with E-state index in [0.717, 1.165) is 10.7 Å². The summed E-state index contributed by atoms with van der Waals surface area (Å²) >= 11 is 0. The van der Waals surface area contributed by atoms with Crippen LogP contribution in [0.5, 0.6) is 0 Å². The lowest BCUT2D eigenvalue weighted by atomic mass is 10.4. The summed E-state index contributed by atoms with van der Waals surface area (Å²) < 4.78 is 59.6. The first-order valence-electron chi connectivity index (χ1n) is 5.40. The van der Waals surface area contributed by atoms with Crippen molar-refractivity contribution in [2.24, 2.45) is 0 Å². The lowest BCUT2D eigenvalue weighted by Gasteiger charge is -2.18. The molecule has 4 nitrogen and oxygen atoms in total. The van der Waals surface area contributed by atoms with Crippen molar-refractivity contribution in [2.75, 3.05) is 32.4 Å². The molecule has 0 spiro atoms. The molecule has 0 fully saturated rings. The van der Waals surface area contributed by atoms with Crippen molar-refractivity contribution in [3.05, 3.63) is 0 Å². The number of sulfonamides is 1. The zero-order valence-corrected chi connectivity index (χ0v) is 10.9. The van der Waals surface area contributed by atoms with Gasteiger partial charge in [0.25, 0.3) is 0 Å². The van der Waals surface area contributed by atoms with E-state index >= 15 is 0 Å². The number of hydrogen-bond donors (Lipinski definition) is 1. The molecule has 0 unspecified atom stereocenters. The van der Waals surface area contributed by atoms with E-state index in [1.165, 1.54) is 7.05 Å². The second-order valence-corrected chi connectivity index (χ2v) is 5.95. The Hall–Kier alpha value is -0.340. The molecule has 17 heavy (non-hydrogen) atoms. The van der Waals surface area contributed by atoms with Crippen LogP contribution in [-0.4, -0.2) is 51.3 Å². The molecule has 0 saturated carbocycles. The summed E-state index contributed by atoms with van der Waals surface area (Å²) in [7, 11) is -2.42. The van der Waals surface area contributed by atoms with Crippen LogP contribution in [0, 0.1) is 0 Å². The van der Waals surface area contributed by atoms with Gasteiger partial charge in [-0.05, 0) is 13.0 Å². The molecule has 0 heterocycles. The highest BCUT2D eigenvalue weighted by Crippen LogP contribution is 2.20. The summed E-state index contributed by atoms with van der Waals surface area (Å²) in [5, 5.41) is 2.89. The predicted octanol–water partition coefficient (Wildman–Crippen LogP) is 1.20. The molecule has 0 radical (unpaired) electrons. The molecule has 8 heteroatoms. The summed E-state index contributed by atoms with van der Waals surface area (Å²) in [6, 6.07) is 0. The summed E-state index contributed by atoms with van der Waals surface area (Å²) in [6.45, 7) is 2.37. The van der Waals surface area contributed by atoms with Crippen LogP contribution in [0.1, 0.15) is 19.8 Å². The molecule has 0 amide bonds. The van der Waals surface area contributed by atoms with Crippen LogP contribution in [0.2, 0.25) is 0 Å². The van der Waals surface area contributed by atoms with Gasteiger partial charge in [-0.3, -0.25) is 0 Å². The van der Waals surface area contributed by atoms with Crippen LogP contribution in [-0.2, 0) is 10.0 Å². The first kappa shape index (κ1) is 16.7. The van der Waals surface area contributed by atoms with Crippen LogP contribution < -0.4 is 5.32 Å². The fourth-order valence-electron chi connectivity index (χ4n) is 1.08. The predicted molar refractivity (Wildman–Crippen MR) is 60.2 cm³/mol. The summed E-state index contributed by atoms with van der Waals surface area (Å²) in [5.74, 6) is -0.179. The molecule has 0 aliphatic heterocycles. The van der Waals surface area contributed by atoms with Crippen molar-refractivity contribution in [1.29, 1.82) is 0 Å². The molecule has 1 N–H and O–H groups in total. The SMILES string of the molecule is CCCNCCS(=O)(=O)N(C)CCC(F)(F)F. The van der Waals surface area contributed by atoms with Gasteiger partial charge in [0.2, 0.25) is 10.0 Å². The minimum Gasteiger partial charge on any atom is -0.316 e. The van der Waals surface area contributed by atoms with Gasteiger partial charge < -0.3 is 5.32 Å². The fourth-order valence-corrected chi connectivity index (χ4v) is 2.17. The summed E-state index contributed by atoms with van der Waals surface area (Å²) in [5.41, 5.74) is 0. The van der Waals surface area contributed by atoms with Crippen LogP contribution in [0.15, 0.2) is 0 Å². The molecular weight excluding hydrogens is 257 g/mol. The zero-order chi connectivity index (χ0) is 13.5. The van der Waals surface area contributed by atoms with Gasteiger partial charge in [-0.1, -0.05) is 6.92 Å². The number of nitrogens with one attached hydrogen (secondary N) is 1. The molecule has 104 valence electrons. The number of nitrogens with zero attached hydrogens (tertiary/aromatic N) is 1. The van der Waals surface area contributed by atoms with Crippen molar-refractivity contribution in [3.63, 3.8) is 0 Å². The quantitative estimate of drug-likeness (QED) is 0.678. The van der Waals surface area contributed by atoms with Crippen LogP contribution in [0.4, 0.5) is 13.2 Å². The standard InChI is InChI=1S/C9H19F3N2O2S/c1-3-5-13-6-8-17(15,16)14(2)7-4-9(10,11)12/h13H,3-8H2,1-2H3. The molecule has 0 aromatic rings. The Balaban J connectivity index is 4.04. The number of halogens is 3. The highest BCUT2D eigenvalue weighted by Gasteiger charge is 2.29. The Bertz CT molecular complexity index is 304. The average molecular weight is 276 g/mol. The van der Waals surface area contributed by atoms with E-state index in [1.54, 1.807) is 0 Å². The normalized spacial score (nSPS) is 13.3. The number of rotatable bonds is 8. The zero-order valence-electron chi connectivity index (χ0n) is 10.0. The largest absolute Gasteiger partial charge is 0.390 e. The van der Waals surface area contributed by atoms with E-state index in [0.29, 0.717) is 6.54 Å². The van der Waals surface area contributed by atoms with Gasteiger partial charge in [-0.15, -0.1) is 0 Å². The van der Waals surface area contributed by atoms with Crippen molar-refractivity contribution in [2.45, 2.75) is 25.9 Å². The maximum Gasteiger partial charge on any atom is 0.390 e. The Morgan fingerprint density at radius 3 is 2.29 bits per heavy atom. The molecule has 0 aromatic heterocycles. The second kappa shape index (κ2) is 7.17. The first-order chi connectivity index (χ1) is 7.69. The van der Waals surface area contributed by atoms with E-state index in [2.05, 4.69) is 5.32 Å². The Morgan fingerprint density at radius 1 is 1.24 bits per heavy atom. The molecule has 0 aliphatic carbocycles. The lowest BCUT2D eigenvalue weighted by molar-refractivity contribution is -0.135. The molecule has 0 aromatic carbocycles. The fraction of sp³-hybridized carbons (Fsp3) is 1.00. The van der Waals surface area contributed by atoms with E-state index in [1.807, 2.05) is 6.92 Å². The summed E-state index contributed by atoms with van der Waals surface area (Å²) in [6.07, 6.45) is -4.57. The van der Waals surface area contributed by atoms with Gasteiger partial charge in [0.15, 0.2) is 0 Å². The van der Waals surface area contributed by atoms with Crippen LogP contribution in [0.3, 0.4) is 0 Å². The van der Waals surface area contributed by atoms with Crippen molar-refractivity contribution in [3.8, 4) is 0 Å². The van der Waals surface area contributed by atoms with Gasteiger partial charge in [0.05, 0.1) is 12.2 Å².